The third kappa shape index (κ3) is 7.71. The Kier molecular flexibility index (Phi) is 8.61. The van der Waals surface area contributed by atoms with Crippen molar-refractivity contribution < 1.29 is 0 Å². The third-order valence-corrected chi connectivity index (χ3v) is 3.29. The summed E-state index contributed by atoms with van der Waals surface area (Å²) in [5, 5.41) is 10.5. The minimum absolute atomic E-state index is 0.659. The summed E-state index contributed by atoms with van der Waals surface area (Å²) in [7, 11) is 0. The van der Waals surface area contributed by atoms with E-state index in [0.717, 1.165) is 39.3 Å². The van der Waals surface area contributed by atoms with Gasteiger partial charge in [-0.05, 0) is 52.9 Å². The lowest BCUT2D eigenvalue weighted by atomic mass is 10.2. The van der Waals surface area contributed by atoms with Gasteiger partial charge in [0.25, 0.3) is 0 Å². The molecule has 1 heterocycles. The van der Waals surface area contributed by atoms with Gasteiger partial charge in [-0.3, -0.25) is 4.90 Å². The summed E-state index contributed by atoms with van der Waals surface area (Å²) in [5.74, 6) is 0. The Labute approximate surface area is 107 Å². The summed E-state index contributed by atoms with van der Waals surface area (Å²) >= 11 is 0. The van der Waals surface area contributed by atoms with E-state index in [4.69, 9.17) is 0 Å². The Hall–Kier alpha value is -0.160. The second kappa shape index (κ2) is 9.83. The molecular weight excluding hydrogens is 212 g/mol. The Morgan fingerprint density at radius 3 is 1.94 bits per heavy atom. The van der Waals surface area contributed by atoms with Crippen LogP contribution < -0.4 is 16.0 Å². The third-order valence-electron chi connectivity index (χ3n) is 3.29. The molecule has 4 heteroatoms. The Morgan fingerprint density at radius 2 is 1.29 bits per heavy atom. The van der Waals surface area contributed by atoms with Gasteiger partial charge in [-0.2, -0.15) is 0 Å². The summed E-state index contributed by atoms with van der Waals surface area (Å²) in [6.45, 7) is 13.7. The maximum atomic E-state index is 3.53. The maximum absolute atomic E-state index is 3.53. The number of nitrogens with zero attached hydrogens (tertiary/aromatic N) is 1. The fraction of sp³-hybridized carbons (Fsp3) is 1.00. The van der Waals surface area contributed by atoms with Crippen molar-refractivity contribution in [3.8, 4) is 0 Å². The second-order valence-electron chi connectivity index (χ2n) is 5.09. The van der Waals surface area contributed by atoms with Gasteiger partial charge >= 0.3 is 0 Å². The Morgan fingerprint density at radius 1 is 0.706 bits per heavy atom. The molecule has 0 aromatic carbocycles. The van der Waals surface area contributed by atoms with Gasteiger partial charge in [-0.15, -0.1) is 0 Å². The molecule has 0 spiro atoms. The van der Waals surface area contributed by atoms with E-state index in [1.807, 2.05) is 0 Å². The zero-order chi connectivity index (χ0) is 12.3. The fourth-order valence-corrected chi connectivity index (χ4v) is 2.15. The average molecular weight is 242 g/mol. The van der Waals surface area contributed by atoms with Gasteiger partial charge < -0.3 is 16.0 Å². The van der Waals surface area contributed by atoms with Gasteiger partial charge in [0.05, 0.1) is 0 Å². The van der Waals surface area contributed by atoms with Crippen molar-refractivity contribution in [1.29, 1.82) is 0 Å². The number of hydrogen-bond donors (Lipinski definition) is 3. The average Bonchev–Trinajstić information content (AvgIpc) is 2.31. The smallest absolute Gasteiger partial charge is 0.0110 e. The van der Waals surface area contributed by atoms with Gasteiger partial charge in [0.2, 0.25) is 0 Å². The molecule has 1 saturated heterocycles. The first kappa shape index (κ1) is 14.9. The Balaban J connectivity index is 2.24. The highest BCUT2D eigenvalue weighted by molar-refractivity contribution is 4.66. The van der Waals surface area contributed by atoms with Crippen LogP contribution in [-0.2, 0) is 0 Å². The molecule has 0 radical (unpaired) electrons. The van der Waals surface area contributed by atoms with Gasteiger partial charge in [0.1, 0.15) is 0 Å². The van der Waals surface area contributed by atoms with Crippen LogP contribution in [0.5, 0.6) is 0 Å². The molecule has 0 bridgehead atoms. The summed E-state index contributed by atoms with van der Waals surface area (Å²) < 4.78 is 0. The second-order valence-corrected chi connectivity index (χ2v) is 5.09. The fourth-order valence-electron chi connectivity index (χ4n) is 2.15. The Bertz CT molecular complexity index is 159. The van der Waals surface area contributed by atoms with Gasteiger partial charge in [-0.25, -0.2) is 0 Å². The lowest BCUT2D eigenvalue weighted by Crippen LogP contribution is -2.40. The molecular formula is C13H30N4. The van der Waals surface area contributed by atoms with E-state index in [9.17, 15) is 0 Å². The standard InChI is InChI=1S/C13H30N4/c1-13(2)17-11-4-7-15-9-8-14-5-3-6-16-10-12-17/h13-16H,3-12H2,1-2H3. The summed E-state index contributed by atoms with van der Waals surface area (Å²) in [6.07, 6.45) is 2.47. The first-order valence-electron chi connectivity index (χ1n) is 7.17. The predicted molar refractivity (Wildman–Crippen MR) is 74.6 cm³/mol. The molecule has 3 N–H and O–H groups in total. The quantitative estimate of drug-likeness (QED) is 0.617. The van der Waals surface area contributed by atoms with E-state index >= 15 is 0 Å². The number of rotatable bonds is 1. The number of hydrogen-bond acceptors (Lipinski definition) is 4. The van der Waals surface area contributed by atoms with Crippen LogP contribution in [-0.4, -0.2) is 63.3 Å². The molecule has 102 valence electrons. The first-order valence-corrected chi connectivity index (χ1v) is 7.17. The molecule has 1 fully saturated rings. The molecule has 0 unspecified atom stereocenters. The SMILES string of the molecule is CC(C)N1CCCNCCNCCCNCC1. The zero-order valence-corrected chi connectivity index (χ0v) is 11.6. The van der Waals surface area contributed by atoms with E-state index < -0.39 is 0 Å². The van der Waals surface area contributed by atoms with Crippen molar-refractivity contribution in [3.63, 3.8) is 0 Å². The topological polar surface area (TPSA) is 39.3 Å². The van der Waals surface area contributed by atoms with Crippen LogP contribution in [0.2, 0.25) is 0 Å². The first-order chi connectivity index (χ1) is 8.30. The monoisotopic (exact) mass is 242 g/mol. The molecule has 4 nitrogen and oxygen atoms in total. The number of nitrogens with one attached hydrogen (secondary N) is 3. The zero-order valence-electron chi connectivity index (χ0n) is 11.6. The molecule has 0 aromatic heterocycles. The molecule has 17 heavy (non-hydrogen) atoms. The summed E-state index contributed by atoms with van der Waals surface area (Å²) in [5.41, 5.74) is 0. The lowest BCUT2D eigenvalue weighted by Gasteiger charge is -2.26. The van der Waals surface area contributed by atoms with Crippen LogP contribution in [0, 0.1) is 0 Å². The van der Waals surface area contributed by atoms with Crippen LogP contribution >= 0.6 is 0 Å². The van der Waals surface area contributed by atoms with E-state index in [1.165, 1.54) is 25.9 Å². The molecule has 1 aliphatic rings. The highest BCUT2D eigenvalue weighted by atomic mass is 15.2. The van der Waals surface area contributed by atoms with Crippen LogP contribution in [0.1, 0.15) is 26.7 Å². The minimum atomic E-state index is 0.659. The van der Waals surface area contributed by atoms with Gasteiger partial charge in [-0.1, -0.05) is 0 Å². The molecule has 1 rings (SSSR count). The van der Waals surface area contributed by atoms with E-state index in [2.05, 4.69) is 34.7 Å². The van der Waals surface area contributed by atoms with Crippen molar-refractivity contribution >= 4 is 0 Å². The normalized spacial score (nSPS) is 23.5. The van der Waals surface area contributed by atoms with Crippen molar-refractivity contribution in [2.45, 2.75) is 32.7 Å². The highest BCUT2D eigenvalue weighted by Crippen LogP contribution is 1.98. The van der Waals surface area contributed by atoms with Crippen molar-refractivity contribution in [2.24, 2.45) is 0 Å². The maximum Gasteiger partial charge on any atom is 0.0110 e. The molecule has 0 amide bonds. The largest absolute Gasteiger partial charge is 0.315 e. The summed E-state index contributed by atoms with van der Waals surface area (Å²) in [4.78, 5) is 2.57. The van der Waals surface area contributed by atoms with Crippen LogP contribution in [0.3, 0.4) is 0 Å². The van der Waals surface area contributed by atoms with E-state index in [1.54, 1.807) is 0 Å². The minimum Gasteiger partial charge on any atom is -0.315 e. The van der Waals surface area contributed by atoms with Crippen LogP contribution in [0.25, 0.3) is 0 Å². The molecule has 0 aliphatic carbocycles. The summed E-state index contributed by atoms with van der Waals surface area (Å²) in [6, 6.07) is 0.659. The lowest BCUT2D eigenvalue weighted by molar-refractivity contribution is 0.218. The van der Waals surface area contributed by atoms with Crippen LogP contribution in [0.4, 0.5) is 0 Å². The van der Waals surface area contributed by atoms with Crippen molar-refractivity contribution in [1.82, 2.24) is 20.9 Å². The molecule has 0 atom stereocenters. The molecule has 0 saturated carbocycles. The van der Waals surface area contributed by atoms with Crippen molar-refractivity contribution in [3.05, 3.63) is 0 Å². The highest BCUT2D eigenvalue weighted by Gasteiger charge is 2.08. The van der Waals surface area contributed by atoms with E-state index in [0.29, 0.717) is 6.04 Å². The van der Waals surface area contributed by atoms with Gasteiger partial charge in [0, 0.05) is 32.2 Å². The van der Waals surface area contributed by atoms with Crippen LogP contribution in [0.15, 0.2) is 0 Å². The predicted octanol–water partition coefficient (Wildman–Crippen LogP) is 0.259. The van der Waals surface area contributed by atoms with E-state index in [-0.39, 0.29) is 0 Å². The molecule has 1 aliphatic heterocycles. The van der Waals surface area contributed by atoms with Gasteiger partial charge in [0.15, 0.2) is 0 Å². The van der Waals surface area contributed by atoms with Crippen molar-refractivity contribution in [2.75, 3.05) is 52.4 Å². The molecule has 0 aromatic rings.